The van der Waals surface area contributed by atoms with Crippen molar-refractivity contribution in [2.45, 2.75) is 31.9 Å². The highest BCUT2D eigenvalue weighted by molar-refractivity contribution is 5.77. The molecule has 0 unspecified atom stereocenters. The Kier molecular flexibility index (Phi) is 5.06. The van der Waals surface area contributed by atoms with E-state index in [0.29, 0.717) is 25.0 Å². The van der Waals surface area contributed by atoms with Crippen LogP contribution in [0.4, 0.5) is 0 Å². The quantitative estimate of drug-likeness (QED) is 0.840. The third-order valence-electron chi connectivity index (χ3n) is 5.89. The first-order valence-electron chi connectivity index (χ1n) is 9.51. The second-order valence-corrected chi connectivity index (χ2v) is 7.50. The van der Waals surface area contributed by atoms with Gasteiger partial charge in [-0.3, -0.25) is 9.69 Å². The number of ether oxygens (including phenoxy) is 2. The molecule has 0 spiro atoms. The number of morpholine rings is 1. The average Bonchev–Trinajstić information content (AvgIpc) is 3.05. The number of carbonyl (C=O) groups excluding carboxylic acids is 1. The summed E-state index contributed by atoms with van der Waals surface area (Å²) in [7, 11) is 0. The first-order valence-corrected chi connectivity index (χ1v) is 9.51. The van der Waals surface area contributed by atoms with E-state index in [0.717, 1.165) is 45.8 Å². The van der Waals surface area contributed by atoms with E-state index in [2.05, 4.69) is 30.0 Å². The molecule has 1 aromatic carbocycles. The molecule has 4 rings (SSSR count). The number of likely N-dealkylation sites (tertiary alicyclic amines) is 1. The Morgan fingerprint density at radius 3 is 2.80 bits per heavy atom. The molecule has 0 N–H and O–H groups in total. The molecule has 0 bridgehead atoms. The first kappa shape index (κ1) is 17.0. The second kappa shape index (κ2) is 7.44. The molecule has 0 aliphatic carbocycles. The maximum absolute atomic E-state index is 12.9. The predicted octanol–water partition coefficient (Wildman–Crippen LogP) is 1.87. The fraction of sp³-hybridized carbons (Fsp3) is 0.650. The van der Waals surface area contributed by atoms with Crippen molar-refractivity contribution in [1.82, 2.24) is 9.80 Å². The van der Waals surface area contributed by atoms with Gasteiger partial charge in [0.2, 0.25) is 5.91 Å². The third-order valence-corrected chi connectivity index (χ3v) is 5.89. The van der Waals surface area contributed by atoms with Crippen molar-refractivity contribution in [3.05, 3.63) is 35.4 Å². The lowest BCUT2D eigenvalue weighted by Crippen LogP contribution is -2.47. The van der Waals surface area contributed by atoms with E-state index in [-0.39, 0.29) is 12.0 Å². The lowest BCUT2D eigenvalue weighted by molar-refractivity contribution is -0.134. The van der Waals surface area contributed by atoms with Crippen LogP contribution >= 0.6 is 0 Å². The number of hydrogen-bond donors (Lipinski definition) is 0. The summed E-state index contributed by atoms with van der Waals surface area (Å²) < 4.78 is 11.4. The Labute approximate surface area is 149 Å². The zero-order valence-electron chi connectivity index (χ0n) is 15.0. The summed E-state index contributed by atoms with van der Waals surface area (Å²) in [6.07, 6.45) is 1.32. The van der Waals surface area contributed by atoms with Crippen LogP contribution < -0.4 is 0 Å². The molecule has 3 atom stereocenters. The molecule has 2 saturated heterocycles. The Morgan fingerprint density at radius 1 is 1.16 bits per heavy atom. The first-order chi connectivity index (χ1) is 12.2. The van der Waals surface area contributed by atoms with Gasteiger partial charge in [-0.05, 0) is 23.5 Å². The number of benzene rings is 1. The number of rotatable bonds is 3. The molecule has 0 saturated carbocycles. The minimum absolute atomic E-state index is 0.0878. The van der Waals surface area contributed by atoms with Gasteiger partial charge < -0.3 is 14.4 Å². The van der Waals surface area contributed by atoms with Crippen molar-refractivity contribution in [1.29, 1.82) is 0 Å². The summed E-state index contributed by atoms with van der Waals surface area (Å²) in [6.45, 7) is 8.26. The summed E-state index contributed by atoms with van der Waals surface area (Å²) in [5.74, 6) is 0.742. The van der Waals surface area contributed by atoms with Crippen molar-refractivity contribution < 1.29 is 14.3 Å². The van der Waals surface area contributed by atoms with Crippen molar-refractivity contribution in [2.24, 2.45) is 5.92 Å². The number of carbonyl (C=O) groups is 1. The van der Waals surface area contributed by atoms with Crippen LogP contribution in [0.15, 0.2) is 24.3 Å². The van der Waals surface area contributed by atoms with Crippen molar-refractivity contribution in [3.8, 4) is 0 Å². The molecule has 0 radical (unpaired) electrons. The maximum atomic E-state index is 12.9. The summed E-state index contributed by atoms with van der Waals surface area (Å²) in [4.78, 5) is 17.4. The van der Waals surface area contributed by atoms with Crippen molar-refractivity contribution in [2.75, 3.05) is 46.0 Å². The van der Waals surface area contributed by atoms with Gasteiger partial charge in [-0.2, -0.15) is 0 Å². The Balaban J connectivity index is 1.39. The van der Waals surface area contributed by atoms with Gasteiger partial charge in [-0.15, -0.1) is 0 Å². The van der Waals surface area contributed by atoms with Gasteiger partial charge in [0, 0.05) is 32.2 Å². The molecule has 3 aliphatic heterocycles. The van der Waals surface area contributed by atoms with Crippen LogP contribution in [-0.4, -0.2) is 67.7 Å². The molecule has 1 amide bonds. The number of fused-ring (bicyclic) bond motifs is 1. The van der Waals surface area contributed by atoms with Crippen LogP contribution in [0.2, 0.25) is 0 Å². The summed E-state index contributed by atoms with van der Waals surface area (Å²) >= 11 is 0. The fourth-order valence-corrected chi connectivity index (χ4v) is 4.47. The summed E-state index contributed by atoms with van der Waals surface area (Å²) in [6, 6.07) is 8.83. The molecular weight excluding hydrogens is 316 g/mol. The van der Waals surface area contributed by atoms with E-state index in [4.69, 9.17) is 9.47 Å². The minimum Gasteiger partial charge on any atom is -0.379 e. The van der Waals surface area contributed by atoms with E-state index >= 15 is 0 Å². The molecule has 3 aliphatic rings. The normalized spacial score (nSPS) is 30.3. The van der Waals surface area contributed by atoms with Crippen LogP contribution in [0.3, 0.4) is 0 Å². The van der Waals surface area contributed by atoms with Crippen LogP contribution in [0.25, 0.3) is 0 Å². The van der Waals surface area contributed by atoms with E-state index in [9.17, 15) is 4.79 Å². The topological polar surface area (TPSA) is 42.0 Å². The van der Waals surface area contributed by atoms with Crippen molar-refractivity contribution >= 4 is 5.91 Å². The van der Waals surface area contributed by atoms with Gasteiger partial charge in [0.25, 0.3) is 0 Å². The van der Waals surface area contributed by atoms with E-state index in [1.165, 1.54) is 11.1 Å². The second-order valence-electron chi connectivity index (χ2n) is 7.50. The van der Waals surface area contributed by atoms with Crippen LogP contribution in [0, 0.1) is 5.92 Å². The maximum Gasteiger partial charge on any atom is 0.225 e. The highest BCUT2D eigenvalue weighted by atomic mass is 16.5. The zero-order valence-corrected chi connectivity index (χ0v) is 15.0. The predicted molar refractivity (Wildman–Crippen MR) is 95.4 cm³/mol. The Hall–Kier alpha value is -1.43. The number of nitrogens with zero attached hydrogens (tertiary/aromatic N) is 2. The van der Waals surface area contributed by atoms with Crippen LogP contribution in [0.5, 0.6) is 0 Å². The fourth-order valence-electron chi connectivity index (χ4n) is 4.47. The van der Waals surface area contributed by atoms with Gasteiger partial charge in [-0.25, -0.2) is 0 Å². The van der Waals surface area contributed by atoms with E-state index in [1.807, 2.05) is 11.0 Å². The van der Waals surface area contributed by atoms with Gasteiger partial charge >= 0.3 is 0 Å². The lowest BCUT2D eigenvalue weighted by atomic mass is 9.95. The molecule has 3 heterocycles. The van der Waals surface area contributed by atoms with E-state index in [1.54, 1.807) is 0 Å². The van der Waals surface area contributed by atoms with E-state index < -0.39 is 0 Å². The van der Waals surface area contributed by atoms with Gasteiger partial charge in [0.05, 0.1) is 32.3 Å². The SMILES string of the molecule is C[C@@H]1CN(C(=O)C[C@H]2OCCc3ccccc32)C[C@H]1N1CCOCC1. The molecule has 2 fully saturated rings. The highest BCUT2D eigenvalue weighted by Gasteiger charge is 2.37. The van der Waals surface area contributed by atoms with Gasteiger partial charge in [-0.1, -0.05) is 31.2 Å². The summed E-state index contributed by atoms with van der Waals surface area (Å²) in [5.41, 5.74) is 2.52. The van der Waals surface area contributed by atoms with Gasteiger partial charge in [0.15, 0.2) is 0 Å². The number of hydrogen-bond acceptors (Lipinski definition) is 4. The monoisotopic (exact) mass is 344 g/mol. The molecule has 5 nitrogen and oxygen atoms in total. The number of amides is 1. The minimum atomic E-state index is -0.0878. The molecule has 136 valence electrons. The standard InChI is InChI=1S/C20H28N2O3/c1-15-13-22(14-18(15)21-7-10-24-11-8-21)20(23)12-19-17-5-3-2-4-16(17)6-9-25-19/h2-5,15,18-19H,6-14H2,1H3/t15-,18-,19-/m1/s1. The van der Waals surface area contributed by atoms with Crippen LogP contribution in [-0.2, 0) is 20.7 Å². The summed E-state index contributed by atoms with van der Waals surface area (Å²) in [5, 5.41) is 0. The molecular formula is C20H28N2O3. The average molecular weight is 344 g/mol. The van der Waals surface area contributed by atoms with Gasteiger partial charge in [0.1, 0.15) is 0 Å². The van der Waals surface area contributed by atoms with Crippen molar-refractivity contribution in [3.63, 3.8) is 0 Å². The zero-order chi connectivity index (χ0) is 17.2. The molecule has 25 heavy (non-hydrogen) atoms. The highest BCUT2D eigenvalue weighted by Crippen LogP contribution is 2.31. The third kappa shape index (κ3) is 3.59. The smallest absolute Gasteiger partial charge is 0.225 e. The Bertz CT molecular complexity index is 615. The Morgan fingerprint density at radius 2 is 1.96 bits per heavy atom. The van der Waals surface area contributed by atoms with Crippen LogP contribution in [0.1, 0.15) is 30.6 Å². The molecule has 0 aromatic heterocycles. The molecule has 1 aromatic rings. The molecule has 5 heteroatoms. The lowest BCUT2D eigenvalue weighted by Gasteiger charge is -2.34. The largest absolute Gasteiger partial charge is 0.379 e.